The molecule has 1 aliphatic carbocycles. The molecule has 0 amide bonds. The molecule has 1 aromatic heterocycles. The quantitative estimate of drug-likeness (QED) is 0.792. The van der Waals surface area contributed by atoms with Gasteiger partial charge in [0.1, 0.15) is 5.75 Å². The molecule has 2 aromatic carbocycles. The number of rotatable bonds is 4. The number of benzene rings is 2. The molecule has 5 heteroatoms. The zero-order valence-corrected chi connectivity index (χ0v) is 14.1. The van der Waals surface area contributed by atoms with E-state index in [9.17, 15) is 0 Å². The first-order chi connectivity index (χ1) is 11.8. The first-order valence-electron chi connectivity index (χ1n) is 8.36. The summed E-state index contributed by atoms with van der Waals surface area (Å²) in [6.07, 6.45) is 0. The van der Waals surface area contributed by atoms with Gasteiger partial charge >= 0.3 is 0 Å². The lowest BCUT2D eigenvalue weighted by Crippen LogP contribution is -2.27. The number of ether oxygens (including phenoxy) is 1. The van der Waals surface area contributed by atoms with Crippen molar-refractivity contribution >= 4 is 21.6 Å². The van der Waals surface area contributed by atoms with E-state index < -0.39 is 0 Å². The van der Waals surface area contributed by atoms with Crippen LogP contribution in [0.1, 0.15) is 5.56 Å². The van der Waals surface area contributed by atoms with E-state index in [-0.39, 0.29) is 0 Å². The Morgan fingerprint density at radius 1 is 1.08 bits per heavy atom. The first-order valence-corrected chi connectivity index (χ1v) is 9.18. The molecule has 122 valence electrons. The number of hydrogen-bond acceptors (Lipinski definition) is 5. The summed E-state index contributed by atoms with van der Waals surface area (Å²) >= 11 is 1.57. The van der Waals surface area contributed by atoms with Crippen molar-refractivity contribution in [2.24, 2.45) is 17.6 Å². The second-order valence-electron chi connectivity index (χ2n) is 6.79. The van der Waals surface area contributed by atoms with E-state index >= 15 is 0 Å². The van der Waals surface area contributed by atoms with Crippen molar-refractivity contribution < 1.29 is 4.74 Å². The van der Waals surface area contributed by atoms with Crippen molar-refractivity contribution in [3.63, 3.8) is 0 Å². The van der Waals surface area contributed by atoms with Crippen LogP contribution in [0.5, 0.6) is 10.9 Å². The van der Waals surface area contributed by atoms with E-state index in [4.69, 9.17) is 10.5 Å². The van der Waals surface area contributed by atoms with Crippen molar-refractivity contribution in [1.82, 2.24) is 9.88 Å². The fourth-order valence-electron chi connectivity index (χ4n) is 3.71. The Balaban J connectivity index is 1.24. The Labute approximate surface area is 144 Å². The molecule has 2 fully saturated rings. The third-order valence-electron chi connectivity index (χ3n) is 5.14. The molecule has 1 aliphatic heterocycles. The van der Waals surface area contributed by atoms with E-state index in [1.165, 1.54) is 5.56 Å². The predicted octanol–water partition coefficient (Wildman–Crippen LogP) is 3.48. The van der Waals surface area contributed by atoms with E-state index in [0.717, 1.165) is 47.4 Å². The second kappa shape index (κ2) is 5.55. The zero-order valence-electron chi connectivity index (χ0n) is 13.3. The number of para-hydroxylation sites is 1. The molecule has 24 heavy (non-hydrogen) atoms. The van der Waals surface area contributed by atoms with Gasteiger partial charge in [-0.15, -0.1) is 0 Å². The third-order valence-corrected chi connectivity index (χ3v) is 6.06. The van der Waals surface area contributed by atoms with Gasteiger partial charge in [0.05, 0.1) is 10.2 Å². The number of fused-ring (bicyclic) bond motifs is 2. The summed E-state index contributed by atoms with van der Waals surface area (Å²) < 4.78 is 7.05. The van der Waals surface area contributed by atoms with Gasteiger partial charge in [-0.05, 0) is 41.7 Å². The van der Waals surface area contributed by atoms with Gasteiger partial charge in [-0.25, -0.2) is 4.98 Å². The second-order valence-corrected chi connectivity index (χ2v) is 7.79. The summed E-state index contributed by atoms with van der Waals surface area (Å²) in [4.78, 5) is 7.01. The topological polar surface area (TPSA) is 51.4 Å². The van der Waals surface area contributed by atoms with Crippen LogP contribution in [0.25, 0.3) is 10.2 Å². The summed E-state index contributed by atoms with van der Waals surface area (Å²) in [5.41, 5.74) is 8.31. The maximum absolute atomic E-state index is 6.00. The van der Waals surface area contributed by atoms with Crippen LogP contribution in [0.4, 0.5) is 0 Å². The van der Waals surface area contributed by atoms with E-state index in [1.54, 1.807) is 11.3 Å². The van der Waals surface area contributed by atoms with Gasteiger partial charge in [-0.2, -0.15) is 0 Å². The standard InChI is InChI=1S/C19H19N3OS/c20-18-14-10-22(11-15(14)18)9-12-5-7-13(8-6-12)23-19-21-16-3-1-2-4-17(16)24-19/h1-8,14-15,18H,9-11,20H2. The van der Waals surface area contributed by atoms with E-state index in [2.05, 4.69) is 28.1 Å². The Kier molecular flexibility index (Phi) is 3.33. The highest BCUT2D eigenvalue weighted by atomic mass is 32.1. The van der Waals surface area contributed by atoms with Gasteiger partial charge in [-0.3, -0.25) is 4.90 Å². The van der Waals surface area contributed by atoms with Gasteiger partial charge in [0.25, 0.3) is 5.19 Å². The molecule has 3 aromatic rings. The number of nitrogens with two attached hydrogens (primary N) is 1. The molecule has 0 spiro atoms. The summed E-state index contributed by atoms with van der Waals surface area (Å²) in [5.74, 6) is 2.32. The molecule has 2 atom stereocenters. The van der Waals surface area contributed by atoms with Crippen LogP contribution in [0.3, 0.4) is 0 Å². The summed E-state index contributed by atoms with van der Waals surface area (Å²) in [6.45, 7) is 3.30. The lowest BCUT2D eigenvalue weighted by molar-refractivity contribution is 0.290. The molecular formula is C19H19N3OS. The van der Waals surface area contributed by atoms with Crippen LogP contribution < -0.4 is 10.5 Å². The molecule has 5 rings (SSSR count). The normalized spacial score (nSPS) is 25.8. The zero-order chi connectivity index (χ0) is 16.1. The summed E-state index contributed by atoms with van der Waals surface area (Å²) in [7, 11) is 0. The average Bonchev–Trinajstić information content (AvgIpc) is 2.98. The number of aromatic nitrogens is 1. The molecule has 2 aliphatic rings. The minimum atomic E-state index is 0.464. The molecule has 2 heterocycles. The molecular weight excluding hydrogens is 318 g/mol. The van der Waals surface area contributed by atoms with Crippen molar-refractivity contribution in [3.8, 4) is 10.9 Å². The van der Waals surface area contributed by atoms with Crippen LogP contribution >= 0.6 is 11.3 Å². The Bertz CT molecular complexity index is 831. The van der Waals surface area contributed by atoms with Crippen LogP contribution in [0, 0.1) is 11.8 Å². The Morgan fingerprint density at radius 2 is 1.83 bits per heavy atom. The molecule has 1 saturated carbocycles. The van der Waals surface area contributed by atoms with Gasteiger partial charge in [-0.1, -0.05) is 35.6 Å². The number of thiazole rings is 1. The lowest BCUT2D eigenvalue weighted by Gasteiger charge is -2.18. The summed E-state index contributed by atoms with van der Waals surface area (Å²) in [5, 5.41) is 0.692. The number of likely N-dealkylation sites (tertiary alicyclic amines) is 1. The van der Waals surface area contributed by atoms with Crippen LogP contribution in [-0.4, -0.2) is 29.0 Å². The number of hydrogen-bond donors (Lipinski definition) is 1. The molecule has 4 nitrogen and oxygen atoms in total. The summed E-state index contributed by atoms with van der Waals surface area (Å²) in [6, 6.07) is 16.9. The molecule has 0 bridgehead atoms. The smallest absolute Gasteiger partial charge is 0.279 e. The number of nitrogens with zero attached hydrogens (tertiary/aromatic N) is 2. The molecule has 2 N–H and O–H groups in total. The molecule has 0 radical (unpaired) electrons. The molecule has 2 unspecified atom stereocenters. The van der Waals surface area contributed by atoms with Crippen molar-refractivity contribution in [1.29, 1.82) is 0 Å². The SMILES string of the molecule is NC1C2CN(Cc3ccc(Oc4nc5ccccc5s4)cc3)CC12. The molecule has 1 saturated heterocycles. The highest BCUT2D eigenvalue weighted by Gasteiger charge is 2.53. The highest BCUT2D eigenvalue weighted by Crippen LogP contribution is 2.44. The van der Waals surface area contributed by atoms with Crippen LogP contribution in [-0.2, 0) is 6.54 Å². The monoisotopic (exact) mass is 337 g/mol. The van der Waals surface area contributed by atoms with Crippen LogP contribution in [0.2, 0.25) is 0 Å². The van der Waals surface area contributed by atoms with Gasteiger partial charge in [0, 0.05) is 25.7 Å². The fraction of sp³-hybridized carbons (Fsp3) is 0.316. The van der Waals surface area contributed by atoms with Crippen molar-refractivity contribution in [2.75, 3.05) is 13.1 Å². The fourth-order valence-corrected chi connectivity index (χ4v) is 4.54. The number of piperidine rings is 1. The largest absolute Gasteiger partial charge is 0.431 e. The highest BCUT2D eigenvalue weighted by molar-refractivity contribution is 7.20. The van der Waals surface area contributed by atoms with E-state index in [1.807, 2.05) is 30.3 Å². The minimum Gasteiger partial charge on any atom is -0.431 e. The minimum absolute atomic E-state index is 0.464. The van der Waals surface area contributed by atoms with Crippen molar-refractivity contribution in [3.05, 3.63) is 54.1 Å². The van der Waals surface area contributed by atoms with Gasteiger partial charge in [0.15, 0.2) is 0 Å². The Hall–Kier alpha value is -1.95. The lowest BCUT2D eigenvalue weighted by atomic mass is 10.2. The van der Waals surface area contributed by atoms with Crippen molar-refractivity contribution in [2.45, 2.75) is 12.6 Å². The van der Waals surface area contributed by atoms with Gasteiger partial charge in [0.2, 0.25) is 0 Å². The maximum Gasteiger partial charge on any atom is 0.279 e. The van der Waals surface area contributed by atoms with Gasteiger partial charge < -0.3 is 10.5 Å². The average molecular weight is 337 g/mol. The predicted molar refractivity (Wildman–Crippen MR) is 96.4 cm³/mol. The Morgan fingerprint density at radius 3 is 2.58 bits per heavy atom. The third kappa shape index (κ3) is 2.59. The maximum atomic E-state index is 6.00. The van der Waals surface area contributed by atoms with E-state index in [0.29, 0.717) is 11.2 Å². The van der Waals surface area contributed by atoms with Crippen LogP contribution in [0.15, 0.2) is 48.5 Å². The first kappa shape index (κ1) is 14.4.